The van der Waals surface area contributed by atoms with Crippen LogP contribution in [0, 0.1) is 6.92 Å². The molecule has 0 fully saturated rings. The Hall–Kier alpha value is -1.19. The zero-order chi connectivity index (χ0) is 10.4. The summed E-state index contributed by atoms with van der Waals surface area (Å²) in [6.07, 6.45) is 7.47. The van der Waals surface area contributed by atoms with Gasteiger partial charge in [-0.3, -0.25) is 16.3 Å². The molecule has 1 aromatic rings. The fourth-order valence-corrected chi connectivity index (χ4v) is 1.49. The molecule has 1 heterocycles. The van der Waals surface area contributed by atoms with Gasteiger partial charge in [0.05, 0.1) is 0 Å². The first-order valence-corrected chi connectivity index (χ1v) is 4.77. The summed E-state index contributed by atoms with van der Waals surface area (Å²) in [5, 5.41) is 0. The minimum absolute atomic E-state index is 0.191. The molecule has 1 aromatic heterocycles. The first-order valence-electron chi connectivity index (χ1n) is 4.77. The summed E-state index contributed by atoms with van der Waals surface area (Å²) in [5.74, 6) is 5.51. The number of pyridine rings is 1. The number of hydrogen-bond donors (Lipinski definition) is 2. The molecule has 76 valence electrons. The van der Waals surface area contributed by atoms with Gasteiger partial charge in [0.25, 0.3) is 0 Å². The second-order valence-electron chi connectivity index (χ2n) is 3.32. The number of nitrogens with two attached hydrogens (primary N) is 1. The van der Waals surface area contributed by atoms with Crippen LogP contribution in [0.4, 0.5) is 0 Å². The van der Waals surface area contributed by atoms with Crippen molar-refractivity contribution in [2.45, 2.75) is 25.8 Å². The van der Waals surface area contributed by atoms with E-state index in [-0.39, 0.29) is 6.04 Å². The van der Waals surface area contributed by atoms with Crippen molar-refractivity contribution in [1.82, 2.24) is 10.4 Å². The zero-order valence-electron chi connectivity index (χ0n) is 8.53. The van der Waals surface area contributed by atoms with E-state index >= 15 is 0 Å². The van der Waals surface area contributed by atoms with E-state index < -0.39 is 0 Å². The number of rotatable bonds is 5. The first kappa shape index (κ1) is 10.9. The van der Waals surface area contributed by atoms with E-state index in [1.807, 2.05) is 25.3 Å². The van der Waals surface area contributed by atoms with Gasteiger partial charge in [0.2, 0.25) is 0 Å². The molecule has 3 N–H and O–H groups in total. The number of nitrogens with one attached hydrogen (secondary N) is 1. The molecule has 1 rings (SSSR count). The van der Waals surface area contributed by atoms with Gasteiger partial charge in [-0.2, -0.15) is 0 Å². The molecule has 0 aliphatic heterocycles. The maximum Gasteiger partial charge on any atom is 0.0466 e. The van der Waals surface area contributed by atoms with Gasteiger partial charge in [0, 0.05) is 18.4 Å². The highest BCUT2D eigenvalue weighted by atomic mass is 15.2. The first-order chi connectivity index (χ1) is 6.79. The van der Waals surface area contributed by atoms with Crippen LogP contribution >= 0.6 is 0 Å². The summed E-state index contributed by atoms with van der Waals surface area (Å²) in [6.45, 7) is 5.74. The second-order valence-corrected chi connectivity index (χ2v) is 3.32. The van der Waals surface area contributed by atoms with E-state index in [9.17, 15) is 0 Å². The highest BCUT2D eigenvalue weighted by Gasteiger charge is 2.10. The largest absolute Gasteiger partial charge is 0.271 e. The molecule has 0 radical (unpaired) electrons. The number of hydrogen-bond acceptors (Lipinski definition) is 3. The molecule has 0 bridgehead atoms. The van der Waals surface area contributed by atoms with Crippen molar-refractivity contribution in [3.63, 3.8) is 0 Å². The lowest BCUT2D eigenvalue weighted by Crippen LogP contribution is -2.28. The fraction of sp³-hybridized carbons (Fsp3) is 0.364. The summed E-state index contributed by atoms with van der Waals surface area (Å²) in [7, 11) is 0. The Morgan fingerprint density at radius 2 is 2.50 bits per heavy atom. The third kappa shape index (κ3) is 2.65. The minimum atomic E-state index is 0.191. The summed E-state index contributed by atoms with van der Waals surface area (Å²) >= 11 is 0. The Kier molecular flexibility index (Phi) is 4.29. The summed E-state index contributed by atoms with van der Waals surface area (Å²) in [6, 6.07) is 2.19. The van der Waals surface area contributed by atoms with Crippen molar-refractivity contribution in [1.29, 1.82) is 0 Å². The Labute approximate surface area is 85.0 Å². The predicted molar refractivity (Wildman–Crippen MR) is 58.5 cm³/mol. The minimum Gasteiger partial charge on any atom is -0.271 e. The Balaban J connectivity index is 2.78. The molecule has 0 spiro atoms. The van der Waals surface area contributed by atoms with Gasteiger partial charge in [0.15, 0.2) is 0 Å². The van der Waals surface area contributed by atoms with Crippen molar-refractivity contribution in [2.75, 3.05) is 0 Å². The second kappa shape index (κ2) is 5.52. The van der Waals surface area contributed by atoms with Crippen molar-refractivity contribution in [3.8, 4) is 0 Å². The normalized spacial score (nSPS) is 12.4. The third-order valence-electron chi connectivity index (χ3n) is 2.30. The van der Waals surface area contributed by atoms with Crippen LogP contribution in [0.25, 0.3) is 0 Å². The van der Waals surface area contributed by atoms with Gasteiger partial charge in [0.1, 0.15) is 0 Å². The summed E-state index contributed by atoms with van der Waals surface area (Å²) in [4.78, 5) is 4.05. The van der Waals surface area contributed by atoms with Crippen LogP contribution in [0.2, 0.25) is 0 Å². The van der Waals surface area contributed by atoms with Gasteiger partial charge >= 0.3 is 0 Å². The fourth-order valence-electron chi connectivity index (χ4n) is 1.49. The maximum absolute atomic E-state index is 5.51. The molecule has 3 nitrogen and oxygen atoms in total. The van der Waals surface area contributed by atoms with E-state index in [4.69, 9.17) is 5.84 Å². The molecule has 0 aromatic carbocycles. The molecular formula is C11H17N3. The quantitative estimate of drug-likeness (QED) is 0.424. The molecule has 0 aliphatic carbocycles. The molecule has 0 aliphatic rings. The molecule has 1 unspecified atom stereocenters. The number of aryl methyl sites for hydroxylation is 1. The topological polar surface area (TPSA) is 50.9 Å². The number of aromatic nitrogens is 1. The molecule has 0 saturated heterocycles. The molecule has 3 heteroatoms. The van der Waals surface area contributed by atoms with Crippen LogP contribution in [0.5, 0.6) is 0 Å². The molecule has 0 amide bonds. The van der Waals surface area contributed by atoms with E-state index in [0.29, 0.717) is 0 Å². The van der Waals surface area contributed by atoms with Gasteiger partial charge in [-0.25, -0.2) is 0 Å². The average Bonchev–Trinajstić information content (AvgIpc) is 2.21. The highest BCUT2D eigenvalue weighted by Crippen LogP contribution is 2.20. The lowest BCUT2D eigenvalue weighted by atomic mass is 10.00. The van der Waals surface area contributed by atoms with Crippen LogP contribution < -0.4 is 11.3 Å². The zero-order valence-corrected chi connectivity index (χ0v) is 8.53. The third-order valence-corrected chi connectivity index (χ3v) is 2.30. The summed E-state index contributed by atoms with van der Waals surface area (Å²) in [5.41, 5.74) is 5.20. The molecule has 1 atom stereocenters. The standard InChI is InChI=1S/C11H17N3/c1-3-4-5-11(14-12)10-6-7-13-8-9(10)2/h3,6-8,11,14H,1,4-5,12H2,2H3. The maximum atomic E-state index is 5.51. The van der Waals surface area contributed by atoms with Crippen LogP contribution in [-0.2, 0) is 0 Å². The van der Waals surface area contributed by atoms with Crippen LogP contribution in [-0.4, -0.2) is 4.98 Å². The Bertz CT molecular complexity index is 296. The van der Waals surface area contributed by atoms with Crippen molar-refractivity contribution in [3.05, 3.63) is 42.2 Å². The van der Waals surface area contributed by atoms with Gasteiger partial charge in [-0.15, -0.1) is 6.58 Å². The number of hydrazine groups is 1. The Morgan fingerprint density at radius 3 is 3.07 bits per heavy atom. The van der Waals surface area contributed by atoms with Gasteiger partial charge in [-0.1, -0.05) is 6.08 Å². The van der Waals surface area contributed by atoms with E-state index in [2.05, 4.69) is 17.0 Å². The summed E-state index contributed by atoms with van der Waals surface area (Å²) < 4.78 is 0. The van der Waals surface area contributed by atoms with Crippen LogP contribution in [0.15, 0.2) is 31.1 Å². The lowest BCUT2D eigenvalue weighted by molar-refractivity contribution is 0.518. The molecular weight excluding hydrogens is 174 g/mol. The monoisotopic (exact) mass is 191 g/mol. The van der Waals surface area contributed by atoms with Crippen molar-refractivity contribution >= 4 is 0 Å². The van der Waals surface area contributed by atoms with Crippen LogP contribution in [0.1, 0.15) is 30.0 Å². The van der Waals surface area contributed by atoms with Gasteiger partial charge < -0.3 is 0 Å². The van der Waals surface area contributed by atoms with E-state index in [1.165, 1.54) is 11.1 Å². The van der Waals surface area contributed by atoms with E-state index in [1.54, 1.807) is 6.20 Å². The average molecular weight is 191 g/mol. The van der Waals surface area contributed by atoms with Crippen molar-refractivity contribution < 1.29 is 0 Å². The predicted octanol–water partition coefficient (Wildman–Crippen LogP) is 1.86. The van der Waals surface area contributed by atoms with Crippen LogP contribution in [0.3, 0.4) is 0 Å². The lowest BCUT2D eigenvalue weighted by Gasteiger charge is -2.17. The Morgan fingerprint density at radius 1 is 1.71 bits per heavy atom. The SMILES string of the molecule is C=CCCC(NN)c1ccncc1C. The smallest absolute Gasteiger partial charge is 0.0466 e. The molecule has 14 heavy (non-hydrogen) atoms. The molecule has 0 saturated carbocycles. The number of allylic oxidation sites excluding steroid dienone is 1. The van der Waals surface area contributed by atoms with Gasteiger partial charge in [-0.05, 0) is 37.0 Å². The number of nitrogens with zero attached hydrogens (tertiary/aromatic N) is 1. The van der Waals surface area contributed by atoms with Crippen molar-refractivity contribution in [2.24, 2.45) is 5.84 Å². The van der Waals surface area contributed by atoms with E-state index in [0.717, 1.165) is 12.8 Å². The highest BCUT2D eigenvalue weighted by molar-refractivity contribution is 5.25.